The Morgan fingerprint density at radius 2 is 1.88 bits per heavy atom. The molecule has 1 aromatic heterocycles. The summed E-state index contributed by atoms with van der Waals surface area (Å²) in [6.07, 6.45) is 2.85. The Hall–Kier alpha value is -1.72. The monoisotopic (exact) mass is 362 g/mol. The normalized spacial score (nSPS) is 11.4. The Morgan fingerprint density at radius 3 is 2.54 bits per heavy atom. The number of halogens is 1. The molecule has 0 saturated carbocycles. The highest BCUT2D eigenvalue weighted by Gasteiger charge is 1.99. The van der Waals surface area contributed by atoms with Crippen LogP contribution in [0.2, 0.25) is 5.02 Å². The summed E-state index contributed by atoms with van der Waals surface area (Å²) in [5.41, 5.74) is 2.27. The van der Waals surface area contributed by atoms with Crippen LogP contribution in [-0.2, 0) is 6.42 Å². The van der Waals surface area contributed by atoms with Gasteiger partial charge in [0, 0.05) is 47.7 Å². The van der Waals surface area contributed by atoms with Gasteiger partial charge in [-0.25, -0.2) is 0 Å². The molecule has 0 amide bonds. The van der Waals surface area contributed by atoms with Gasteiger partial charge in [-0.15, -0.1) is 11.8 Å². The van der Waals surface area contributed by atoms with Crippen LogP contribution >= 0.6 is 23.4 Å². The molecular formula is C18H23ClN4S. The number of hydrogen-bond acceptors (Lipinski definition) is 3. The molecule has 0 fully saturated rings. The minimum absolute atomic E-state index is 0.769. The first-order valence-corrected chi connectivity index (χ1v) is 9.28. The molecule has 4 nitrogen and oxygen atoms in total. The lowest BCUT2D eigenvalue weighted by Gasteiger charge is -2.11. The zero-order valence-electron chi connectivity index (χ0n) is 14.1. The van der Waals surface area contributed by atoms with Gasteiger partial charge in [-0.1, -0.05) is 17.7 Å². The molecule has 0 aliphatic heterocycles. The molecule has 0 aliphatic rings. The van der Waals surface area contributed by atoms with E-state index in [-0.39, 0.29) is 0 Å². The van der Waals surface area contributed by atoms with Gasteiger partial charge in [-0.3, -0.25) is 9.98 Å². The molecule has 2 aromatic rings. The van der Waals surface area contributed by atoms with Crippen LogP contribution in [-0.4, -0.2) is 36.8 Å². The summed E-state index contributed by atoms with van der Waals surface area (Å²) < 4.78 is 0. The minimum atomic E-state index is 0.769. The number of aryl methyl sites for hydroxylation is 1. The summed E-state index contributed by atoms with van der Waals surface area (Å²) >= 11 is 7.68. The Balaban J connectivity index is 1.63. The van der Waals surface area contributed by atoms with E-state index in [1.165, 1.54) is 10.5 Å². The lowest BCUT2D eigenvalue weighted by molar-refractivity contribution is 0.809. The molecule has 128 valence electrons. The summed E-state index contributed by atoms with van der Waals surface area (Å²) in [4.78, 5) is 9.77. The van der Waals surface area contributed by atoms with Crippen LogP contribution < -0.4 is 10.6 Å². The van der Waals surface area contributed by atoms with Crippen LogP contribution in [0.25, 0.3) is 0 Å². The fourth-order valence-corrected chi connectivity index (χ4v) is 2.96. The van der Waals surface area contributed by atoms with Crippen LogP contribution in [0.3, 0.4) is 0 Å². The maximum atomic E-state index is 5.88. The number of nitrogens with zero attached hydrogens (tertiary/aromatic N) is 2. The van der Waals surface area contributed by atoms with Gasteiger partial charge >= 0.3 is 0 Å². The second kappa shape index (κ2) is 10.2. The van der Waals surface area contributed by atoms with Crippen molar-refractivity contribution in [1.82, 2.24) is 15.6 Å². The van der Waals surface area contributed by atoms with Crippen molar-refractivity contribution in [2.24, 2.45) is 4.99 Å². The molecule has 0 saturated heterocycles. The summed E-state index contributed by atoms with van der Waals surface area (Å²) in [5.74, 6) is 1.79. The summed E-state index contributed by atoms with van der Waals surface area (Å²) in [5, 5.41) is 7.42. The van der Waals surface area contributed by atoms with Gasteiger partial charge < -0.3 is 10.6 Å². The second-order valence-corrected chi connectivity index (χ2v) is 6.89. The van der Waals surface area contributed by atoms with Gasteiger partial charge in [0.05, 0.1) is 0 Å². The number of benzene rings is 1. The number of rotatable bonds is 7. The summed E-state index contributed by atoms with van der Waals surface area (Å²) in [6.45, 7) is 3.67. The van der Waals surface area contributed by atoms with Crippen LogP contribution in [0.15, 0.2) is 52.5 Å². The SMILES string of the molecule is CN=C(NCCSc1ccc(Cl)cc1)NCCc1ccc(C)nc1. The van der Waals surface area contributed by atoms with Crippen molar-refractivity contribution in [3.05, 3.63) is 58.9 Å². The van der Waals surface area contributed by atoms with E-state index in [0.717, 1.165) is 41.9 Å². The predicted octanol–water partition coefficient (Wildman–Crippen LogP) is 3.54. The van der Waals surface area contributed by atoms with Crippen molar-refractivity contribution >= 4 is 29.3 Å². The van der Waals surface area contributed by atoms with E-state index < -0.39 is 0 Å². The summed E-state index contributed by atoms with van der Waals surface area (Å²) in [7, 11) is 1.79. The van der Waals surface area contributed by atoms with Gasteiger partial charge in [0.15, 0.2) is 5.96 Å². The number of nitrogens with one attached hydrogen (secondary N) is 2. The highest BCUT2D eigenvalue weighted by atomic mass is 35.5. The molecule has 0 spiro atoms. The second-order valence-electron chi connectivity index (χ2n) is 5.29. The van der Waals surface area contributed by atoms with Crippen molar-refractivity contribution in [2.45, 2.75) is 18.2 Å². The lowest BCUT2D eigenvalue weighted by Crippen LogP contribution is -2.39. The molecule has 1 heterocycles. The molecule has 0 aliphatic carbocycles. The molecule has 0 unspecified atom stereocenters. The molecule has 0 radical (unpaired) electrons. The number of pyridine rings is 1. The third-order valence-corrected chi connectivity index (χ3v) is 4.64. The smallest absolute Gasteiger partial charge is 0.191 e. The molecule has 24 heavy (non-hydrogen) atoms. The van der Waals surface area contributed by atoms with E-state index in [1.54, 1.807) is 18.8 Å². The number of aromatic nitrogens is 1. The Morgan fingerprint density at radius 1 is 1.12 bits per heavy atom. The van der Waals surface area contributed by atoms with E-state index in [2.05, 4.69) is 26.7 Å². The van der Waals surface area contributed by atoms with Crippen molar-refractivity contribution in [3.8, 4) is 0 Å². The number of guanidine groups is 1. The van der Waals surface area contributed by atoms with Crippen molar-refractivity contribution in [3.63, 3.8) is 0 Å². The van der Waals surface area contributed by atoms with E-state index in [1.807, 2.05) is 43.5 Å². The third-order valence-electron chi connectivity index (χ3n) is 3.38. The first kappa shape index (κ1) is 18.6. The quantitative estimate of drug-likeness (QED) is 0.342. The van der Waals surface area contributed by atoms with Gasteiger partial charge in [-0.05, 0) is 49.2 Å². The lowest BCUT2D eigenvalue weighted by atomic mass is 10.2. The maximum absolute atomic E-state index is 5.88. The highest BCUT2D eigenvalue weighted by molar-refractivity contribution is 7.99. The van der Waals surface area contributed by atoms with Gasteiger partial charge in [-0.2, -0.15) is 0 Å². The summed E-state index contributed by atoms with van der Waals surface area (Å²) in [6, 6.07) is 12.1. The van der Waals surface area contributed by atoms with Crippen LogP contribution in [0.4, 0.5) is 0 Å². The van der Waals surface area contributed by atoms with Gasteiger partial charge in [0.1, 0.15) is 0 Å². The molecule has 6 heteroatoms. The van der Waals surface area contributed by atoms with Crippen molar-refractivity contribution in [2.75, 3.05) is 25.9 Å². The average molecular weight is 363 g/mol. The zero-order chi connectivity index (χ0) is 17.2. The fraction of sp³-hybridized carbons (Fsp3) is 0.333. The van der Waals surface area contributed by atoms with E-state index in [9.17, 15) is 0 Å². The standard InChI is InChI=1S/C18H23ClN4S/c1-14-3-4-15(13-23-14)9-10-21-18(20-2)22-11-12-24-17-7-5-16(19)6-8-17/h3-8,13H,9-12H2,1-2H3,(H2,20,21,22). The number of aliphatic imine (C=N–C) groups is 1. The number of thioether (sulfide) groups is 1. The van der Waals surface area contributed by atoms with Crippen LogP contribution in [0.1, 0.15) is 11.3 Å². The molecule has 2 N–H and O–H groups in total. The molecular weight excluding hydrogens is 340 g/mol. The molecule has 0 atom stereocenters. The van der Waals surface area contributed by atoms with Crippen molar-refractivity contribution < 1.29 is 0 Å². The fourth-order valence-electron chi connectivity index (χ4n) is 2.06. The highest BCUT2D eigenvalue weighted by Crippen LogP contribution is 2.19. The average Bonchev–Trinajstić information content (AvgIpc) is 2.60. The maximum Gasteiger partial charge on any atom is 0.191 e. The Labute approximate surface area is 153 Å². The largest absolute Gasteiger partial charge is 0.356 e. The van der Waals surface area contributed by atoms with Gasteiger partial charge in [0.25, 0.3) is 0 Å². The predicted molar refractivity (Wildman–Crippen MR) is 104 cm³/mol. The third kappa shape index (κ3) is 6.81. The Bertz CT molecular complexity index is 641. The minimum Gasteiger partial charge on any atom is -0.356 e. The topological polar surface area (TPSA) is 49.3 Å². The molecule has 0 bridgehead atoms. The van der Waals surface area contributed by atoms with Crippen LogP contribution in [0.5, 0.6) is 0 Å². The molecule has 1 aromatic carbocycles. The first-order valence-electron chi connectivity index (χ1n) is 7.92. The van der Waals surface area contributed by atoms with E-state index in [0.29, 0.717) is 0 Å². The van der Waals surface area contributed by atoms with Crippen molar-refractivity contribution in [1.29, 1.82) is 0 Å². The van der Waals surface area contributed by atoms with E-state index >= 15 is 0 Å². The van der Waals surface area contributed by atoms with Gasteiger partial charge in [0.2, 0.25) is 0 Å². The Kier molecular flexibility index (Phi) is 7.92. The van der Waals surface area contributed by atoms with Crippen LogP contribution in [0, 0.1) is 6.92 Å². The first-order chi connectivity index (χ1) is 11.7. The number of hydrogen-bond donors (Lipinski definition) is 2. The molecule has 2 rings (SSSR count). The van der Waals surface area contributed by atoms with E-state index in [4.69, 9.17) is 11.6 Å². The zero-order valence-corrected chi connectivity index (χ0v) is 15.6.